The van der Waals surface area contributed by atoms with Crippen LogP contribution in [0.15, 0.2) is 18.3 Å². The molecule has 1 saturated heterocycles. The molecular formula is C11H17N3O2S2. The molecule has 5 nitrogen and oxygen atoms in total. The number of rotatable bonds is 3. The summed E-state index contributed by atoms with van der Waals surface area (Å²) < 4.78 is 23.7. The SMILES string of the molecule is CS(=O)(=O)C1CSCCN1c1ncccc1CN. The van der Waals surface area contributed by atoms with E-state index in [1.807, 2.05) is 17.0 Å². The number of thioether (sulfide) groups is 1. The van der Waals surface area contributed by atoms with Crippen LogP contribution in [0.1, 0.15) is 5.56 Å². The Kier molecular flexibility index (Phi) is 4.14. The molecule has 0 aliphatic carbocycles. The van der Waals surface area contributed by atoms with Crippen LogP contribution in [0.25, 0.3) is 0 Å². The van der Waals surface area contributed by atoms with Crippen LogP contribution in [0.2, 0.25) is 0 Å². The van der Waals surface area contributed by atoms with E-state index in [1.54, 1.807) is 18.0 Å². The highest BCUT2D eigenvalue weighted by Gasteiger charge is 2.32. The van der Waals surface area contributed by atoms with Gasteiger partial charge in [0.2, 0.25) is 0 Å². The maximum Gasteiger partial charge on any atom is 0.169 e. The van der Waals surface area contributed by atoms with Crippen LogP contribution in [0.4, 0.5) is 5.82 Å². The quantitative estimate of drug-likeness (QED) is 0.870. The molecule has 2 rings (SSSR count). The average Bonchev–Trinajstić information content (AvgIpc) is 2.37. The van der Waals surface area contributed by atoms with Crippen LogP contribution in [0.5, 0.6) is 0 Å². The molecule has 0 aromatic carbocycles. The average molecular weight is 287 g/mol. The van der Waals surface area contributed by atoms with Crippen LogP contribution in [0, 0.1) is 0 Å². The van der Waals surface area contributed by atoms with Crippen LogP contribution in [-0.4, -0.2) is 43.1 Å². The fourth-order valence-electron chi connectivity index (χ4n) is 2.03. The molecule has 18 heavy (non-hydrogen) atoms. The smallest absolute Gasteiger partial charge is 0.169 e. The summed E-state index contributed by atoms with van der Waals surface area (Å²) in [4.78, 5) is 6.18. The zero-order valence-corrected chi connectivity index (χ0v) is 11.9. The molecule has 2 heterocycles. The minimum Gasteiger partial charge on any atom is -0.338 e. The second kappa shape index (κ2) is 5.46. The first-order valence-electron chi connectivity index (χ1n) is 5.71. The van der Waals surface area contributed by atoms with Gasteiger partial charge in [-0.2, -0.15) is 11.8 Å². The first-order chi connectivity index (χ1) is 8.54. The molecule has 1 aromatic heterocycles. The number of hydrogen-bond donors (Lipinski definition) is 1. The van der Waals surface area contributed by atoms with Gasteiger partial charge in [-0.1, -0.05) is 6.07 Å². The van der Waals surface area contributed by atoms with Crippen molar-refractivity contribution in [2.45, 2.75) is 11.9 Å². The largest absolute Gasteiger partial charge is 0.338 e. The molecule has 1 atom stereocenters. The highest BCUT2D eigenvalue weighted by atomic mass is 32.2. The molecule has 0 radical (unpaired) electrons. The molecule has 1 unspecified atom stereocenters. The fourth-order valence-corrected chi connectivity index (χ4v) is 4.85. The molecule has 7 heteroatoms. The topological polar surface area (TPSA) is 76.3 Å². The van der Waals surface area contributed by atoms with E-state index in [0.29, 0.717) is 24.7 Å². The predicted octanol–water partition coefficient (Wildman–Crippen LogP) is 0.464. The number of nitrogens with two attached hydrogens (primary N) is 1. The molecule has 2 N–H and O–H groups in total. The Morgan fingerprint density at radius 3 is 3.06 bits per heavy atom. The number of hydrogen-bond acceptors (Lipinski definition) is 6. The van der Waals surface area contributed by atoms with E-state index in [-0.39, 0.29) is 0 Å². The van der Waals surface area contributed by atoms with E-state index in [2.05, 4.69) is 4.98 Å². The minimum atomic E-state index is -3.12. The van der Waals surface area contributed by atoms with E-state index < -0.39 is 15.2 Å². The Balaban J connectivity index is 2.40. The molecule has 1 aliphatic rings. The van der Waals surface area contributed by atoms with Gasteiger partial charge in [0.05, 0.1) is 0 Å². The van der Waals surface area contributed by atoms with Gasteiger partial charge in [0.25, 0.3) is 0 Å². The molecule has 0 spiro atoms. The van der Waals surface area contributed by atoms with Gasteiger partial charge < -0.3 is 10.6 Å². The minimum absolute atomic E-state index is 0.364. The fraction of sp³-hybridized carbons (Fsp3) is 0.545. The van der Waals surface area contributed by atoms with Gasteiger partial charge in [0.15, 0.2) is 9.84 Å². The molecular weight excluding hydrogens is 270 g/mol. The highest BCUT2D eigenvalue weighted by molar-refractivity contribution is 8.01. The van der Waals surface area contributed by atoms with Gasteiger partial charge in [0, 0.05) is 42.6 Å². The van der Waals surface area contributed by atoms with Crippen molar-refractivity contribution in [1.29, 1.82) is 0 Å². The zero-order valence-electron chi connectivity index (χ0n) is 10.2. The van der Waals surface area contributed by atoms with Crippen LogP contribution < -0.4 is 10.6 Å². The number of pyridine rings is 1. The third kappa shape index (κ3) is 2.78. The normalized spacial score (nSPS) is 21.0. The summed E-state index contributed by atoms with van der Waals surface area (Å²) in [5.74, 6) is 2.20. The monoisotopic (exact) mass is 287 g/mol. The summed E-state index contributed by atoms with van der Waals surface area (Å²) in [6, 6.07) is 3.71. The van der Waals surface area contributed by atoms with Gasteiger partial charge in [-0.3, -0.25) is 0 Å². The predicted molar refractivity (Wildman–Crippen MR) is 75.4 cm³/mol. The van der Waals surface area contributed by atoms with Crippen molar-refractivity contribution in [2.75, 3.05) is 29.2 Å². The van der Waals surface area contributed by atoms with Crippen molar-refractivity contribution in [2.24, 2.45) is 5.73 Å². The van der Waals surface area contributed by atoms with E-state index in [4.69, 9.17) is 5.73 Å². The number of nitrogens with zero attached hydrogens (tertiary/aromatic N) is 2. The highest BCUT2D eigenvalue weighted by Crippen LogP contribution is 2.27. The lowest BCUT2D eigenvalue weighted by Crippen LogP contribution is -2.47. The Hall–Kier alpha value is -0.790. The number of aromatic nitrogens is 1. The lowest BCUT2D eigenvalue weighted by atomic mass is 10.2. The zero-order chi connectivity index (χ0) is 13.2. The maximum absolute atomic E-state index is 11.9. The van der Waals surface area contributed by atoms with E-state index in [9.17, 15) is 8.42 Å². The molecule has 1 aromatic rings. The van der Waals surface area contributed by atoms with Gasteiger partial charge in [0.1, 0.15) is 11.2 Å². The van der Waals surface area contributed by atoms with Gasteiger partial charge >= 0.3 is 0 Å². The Morgan fingerprint density at radius 1 is 1.61 bits per heavy atom. The Morgan fingerprint density at radius 2 is 2.39 bits per heavy atom. The van der Waals surface area contributed by atoms with Gasteiger partial charge in [-0.05, 0) is 6.07 Å². The second-order valence-corrected chi connectivity index (χ2v) is 7.60. The van der Waals surface area contributed by atoms with E-state index in [0.717, 1.165) is 11.3 Å². The maximum atomic E-state index is 11.9. The first kappa shape index (κ1) is 13.6. The summed E-state index contributed by atoms with van der Waals surface area (Å²) in [6.45, 7) is 1.05. The van der Waals surface area contributed by atoms with Crippen molar-refractivity contribution in [3.05, 3.63) is 23.9 Å². The van der Waals surface area contributed by atoms with Gasteiger partial charge in [-0.25, -0.2) is 13.4 Å². The van der Waals surface area contributed by atoms with Crippen molar-refractivity contribution in [3.63, 3.8) is 0 Å². The Bertz CT molecular complexity index is 519. The third-order valence-electron chi connectivity index (χ3n) is 2.94. The Labute approximate surface area is 112 Å². The van der Waals surface area contributed by atoms with Crippen molar-refractivity contribution >= 4 is 27.4 Å². The first-order valence-corrected chi connectivity index (χ1v) is 8.82. The molecule has 0 saturated carbocycles. The summed E-state index contributed by atoms with van der Waals surface area (Å²) in [7, 11) is -3.12. The molecule has 1 fully saturated rings. The number of sulfone groups is 1. The van der Waals surface area contributed by atoms with Crippen molar-refractivity contribution in [3.8, 4) is 0 Å². The van der Waals surface area contributed by atoms with Crippen LogP contribution >= 0.6 is 11.8 Å². The van der Waals surface area contributed by atoms with Crippen molar-refractivity contribution < 1.29 is 8.42 Å². The van der Waals surface area contributed by atoms with Gasteiger partial charge in [-0.15, -0.1) is 0 Å². The summed E-state index contributed by atoms with van der Waals surface area (Å²) in [5, 5.41) is -0.503. The third-order valence-corrected chi connectivity index (χ3v) is 5.58. The molecule has 1 aliphatic heterocycles. The molecule has 100 valence electrons. The number of anilines is 1. The summed E-state index contributed by atoms with van der Waals surface area (Å²) in [5.41, 5.74) is 6.58. The standard InChI is InChI=1S/C11H17N3O2S2/c1-18(15,16)10-8-17-6-5-14(10)11-9(7-12)3-2-4-13-11/h2-4,10H,5-8,12H2,1H3. The van der Waals surface area contributed by atoms with Crippen LogP contribution in [-0.2, 0) is 16.4 Å². The van der Waals surface area contributed by atoms with E-state index in [1.165, 1.54) is 6.26 Å². The summed E-state index contributed by atoms with van der Waals surface area (Å²) in [6.07, 6.45) is 2.96. The molecule has 0 amide bonds. The molecule has 0 bridgehead atoms. The van der Waals surface area contributed by atoms with E-state index >= 15 is 0 Å². The summed E-state index contributed by atoms with van der Waals surface area (Å²) >= 11 is 1.66. The van der Waals surface area contributed by atoms with Crippen LogP contribution in [0.3, 0.4) is 0 Å². The van der Waals surface area contributed by atoms with Crippen molar-refractivity contribution in [1.82, 2.24) is 4.98 Å². The lowest BCUT2D eigenvalue weighted by molar-refractivity contribution is 0.583. The second-order valence-electron chi connectivity index (χ2n) is 4.24. The lowest BCUT2D eigenvalue weighted by Gasteiger charge is -2.35.